The maximum atomic E-state index is 12.4. The molecule has 0 spiro atoms. The van der Waals surface area contributed by atoms with Crippen LogP contribution in [0.4, 0.5) is 13.2 Å². The van der Waals surface area contributed by atoms with Crippen molar-refractivity contribution in [3.05, 3.63) is 35.7 Å². The van der Waals surface area contributed by atoms with E-state index in [1.807, 2.05) is 0 Å². The second kappa shape index (κ2) is 6.28. The number of nitrogens with one attached hydrogen (secondary N) is 1. The summed E-state index contributed by atoms with van der Waals surface area (Å²) in [6.45, 7) is 3.20. The van der Waals surface area contributed by atoms with E-state index < -0.39 is 27.3 Å². The second-order valence-electron chi connectivity index (χ2n) is 5.03. The fraction of sp³-hybridized carbons (Fsp3) is 0.385. The molecule has 2 rings (SSSR count). The number of alkyl halides is 3. The van der Waals surface area contributed by atoms with Crippen LogP contribution in [0.3, 0.4) is 0 Å². The lowest BCUT2D eigenvalue weighted by Gasteiger charge is -2.09. The van der Waals surface area contributed by atoms with Crippen molar-refractivity contribution in [3.63, 3.8) is 0 Å². The van der Waals surface area contributed by atoms with Crippen molar-refractivity contribution in [1.82, 2.24) is 14.9 Å². The molecule has 0 saturated heterocycles. The van der Waals surface area contributed by atoms with Gasteiger partial charge in [-0.2, -0.15) is 18.2 Å². The summed E-state index contributed by atoms with van der Waals surface area (Å²) >= 11 is 0. The lowest BCUT2D eigenvalue weighted by molar-refractivity contribution is -0.159. The van der Waals surface area contributed by atoms with E-state index in [-0.39, 0.29) is 12.4 Å². The summed E-state index contributed by atoms with van der Waals surface area (Å²) in [5, 5.41) is 2.72. The molecule has 1 aromatic heterocycles. The van der Waals surface area contributed by atoms with Crippen molar-refractivity contribution in [1.29, 1.82) is 0 Å². The highest BCUT2D eigenvalue weighted by atomic mass is 32.2. The number of halogens is 3. The molecule has 6 nitrogen and oxygen atoms in total. The summed E-state index contributed by atoms with van der Waals surface area (Å²) < 4.78 is 67.1. The maximum Gasteiger partial charge on any atom is 0.471 e. The highest BCUT2D eigenvalue weighted by Crippen LogP contribution is 2.29. The van der Waals surface area contributed by atoms with Gasteiger partial charge in [0.2, 0.25) is 15.8 Å². The third-order valence-electron chi connectivity index (χ3n) is 2.98. The molecule has 1 N–H and O–H groups in total. The summed E-state index contributed by atoms with van der Waals surface area (Å²) in [6, 6.07) is 6.12. The van der Waals surface area contributed by atoms with Crippen LogP contribution in [0.1, 0.15) is 25.3 Å². The highest BCUT2D eigenvalue weighted by Gasteiger charge is 2.38. The molecule has 0 saturated carbocycles. The lowest BCUT2D eigenvalue weighted by atomic mass is 10.1. The summed E-state index contributed by atoms with van der Waals surface area (Å²) in [5.41, 5.74) is 0.984. The van der Waals surface area contributed by atoms with Crippen molar-refractivity contribution >= 4 is 10.0 Å². The predicted molar refractivity (Wildman–Crippen MR) is 75.6 cm³/mol. The van der Waals surface area contributed by atoms with E-state index in [4.69, 9.17) is 0 Å². The average Bonchev–Trinajstić information content (AvgIpc) is 2.95. The van der Waals surface area contributed by atoms with Gasteiger partial charge in [-0.05, 0) is 19.4 Å². The van der Waals surface area contributed by atoms with Gasteiger partial charge in [0.15, 0.2) is 0 Å². The normalized spacial score (nSPS) is 12.8. The fourth-order valence-electron chi connectivity index (χ4n) is 1.58. The molecule has 126 valence electrons. The molecule has 0 bridgehead atoms. The first-order chi connectivity index (χ1) is 10.6. The number of sulfonamides is 1. The SMILES string of the molecule is CC(C)S(=O)(=O)NCc1ccc(-c2noc(C(F)(F)F)n2)cc1. The Bertz CT molecular complexity index is 768. The van der Waals surface area contributed by atoms with E-state index in [9.17, 15) is 21.6 Å². The van der Waals surface area contributed by atoms with Crippen molar-refractivity contribution in [3.8, 4) is 11.4 Å². The van der Waals surface area contributed by atoms with E-state index in [2.05, 4.69) is 19.4 Å². The molecule has 23 heavy (non-hydrogen) atoms. The zero-order valence-electron chi connectivity index (χ0n) is 12.3. The van der Waals surface area contributed by atoms with Crippen molar-refractivity contribution in [2.45, 2.75) is 31.8 Å². The third kappa shape index (κ3) is 4.29. The van der Waals surface area contributed by atoms with Crippen molar-refractivity contribution in [2.24, 2.45) is 0 Å². The van der Waals surface area contributed by atoms with E-state index in [0.717, 1.165) is 0 Å². The molecule has 0 aliphatic rings. The highest BCUT2D eigenvalue weighted by molar-refractivity contribution is 7.90. The number of aromatic nitrogens is 2. The number of nitrogens with zero attached hydrogens (tertiary/aromatic N) is 2. The standard InChI is InChI=1S/C13H14F3N3O3S/c1-8(2)23(20,21)17-7-9-3-5-10(6-4-9)11-18-12(22-19-11)13(14,15)16/h3-6,8,17H,7H2,1-2H3. The molecule has 0 unspecified atom stereocenters. The Morgan fingerprint density at radius 1 is 1.22 bits per heavy atom. The number of hydrogen-bond donors (Lipinski definition) is 1. The summed E-state index contributed by atoms with van der Waals surface area (Å²) in [6.07, 6.45) is -4.69. The minimum atomic E-state index is -4.69. The molecule has 10 heteroatoms. The van der Waals surface area contributed by atoms with Crippen LogP contribution >= 0.6 is 0 Å². The molecule has 0 fully saturated rings. The lowest BCUT2D eigenvalue weighted by Crippen LogP contribution is -2.30. The van der Waals surface area contributed by atoms with Crippen LogP contribution in [0.25, 0.3) is 11.4 Å². The van der Waals surface area contributed by atoms with Gasteiger partial charge in [-0.15, -0.1) is 0 Å². The van der Waals surface area contributed by atoms with Crippen LogP contribution in [0.15, 0.2) is 28.8 Å². The molecule has 2 aromatic rings. The molecule has 0 amide bonds. The Morgan fingerprint density at radius 2 is 1.83 bits per heavy atom. The van der Waals surface area contributed by atoms with Crippen LogP contribution in [-0.4, -0.2) is 23.8 Å². The first kappa shape index (κ1) is 17.4. The van der Waals surface area contributed by atoms with Gasteiger partial charge in [-0.1, -0.05) is 29.4 Å². The Hall–Kier alpha value is -1.94. The minimum absolute atomic E-state index is 0.0842. The van der Waals surface area contributed by atoms with Crippen LogP contribution in [0.2, 0.25) is 0 Å². The van der Waals surface area contributed by atoms with Crippen LogP contribution in [0, 0.1) is 0 Å². The zero-order valence-corrected chi connectivity index (χ0v) is 13.1. The summed E-state index contributed by atoms with van der Waals surface area (Å²) in [4.78, 5) is 3.28. The van der Waals surface area contributed by atoms with Gasteiger partial charge >= 0.3 is 12.1 Å². The maximum absolute atomic E-state index is 12.4. The van der Waals surface area contributed by atoms with E-state index >= 15 is 0 Å². The summed E-state index contributed by atoms with van der Waals surface area (Å²) in [7, 11) is -3.39. The van der Waals surface area contributed by atoms with Crippen LogP contribution < -0.4 is 4.72 Å². The molecule has 1 aromatic carbocycles. The first-order valence-electron chi connectivity index (χ1n) is 6.58. The molecule has 1 heterocycles. The largest absolute Gasteiger partial charge is 0.471 e. The van der Waals surface area contributed by atoms with Gasteiger partial charge < -0.3 is 4.52 Å². The van der Waals surface area contributed by atoms with E-state index in [0.29, 0.717) is 11.1 Å². The topological polar surface area (TPSA) is 85.1 Å². The Balaban J connectivity index is 2.09. The fourth-order valence-corrected chi connectivity index (χ4v) is 2.28. The number of rotatable bonds is 5. The first-order valence-corrected chi connectivity index (χ1v) is 8.13. The van der Waals surface area contributed by atoms with Crippen LogP contribution in [0.5, 0.6) is 0 Å². The Labute approximate surface area is 130 Å². The quantitative estimate of drug-likeness (QED) is 0.897. The molecular formula is C13H14F3N3O3S. The zero-order chi connectivity index (χ0) is 17.3. The Morgan fingerprint density at radius 3 is 2.30 bits per heavy atom. The molecule has 0 aliphatic heterocycles. The number of hydrogen-bond acceptors (Lipinski definition) is 5. The second-order valence-corrected chi connectivity index (χ2v) is 7.35. The average molecular weight is 349 g/mol. The van der Waals surface area contributed by atoms with Crippen molar-refractivity contribution < 1.29 is 26.1 Å². The van der Waals surface area contributed by atoms with E-state index in [1.165, 1.54) is 12.1 Å². The van der Waals surface area contributed by atoms with Crippen LogP contribution in [-0.2, 0) is 22.7 Å². The van der Waals surface area contributed by atoms with E-state index in [1.54, 1.807) is 26.0 Å². The minimum Gasteiger partial charge on any atom is -0.329 e. The van der Waals surface area contributed by atoms with Gasteiger partial charge in [0.1, 0.15) is 0 Å². The molecular weight excluding hydrogens is 335 g/mol. The van der Waals surface area contributed by atoms with Gasteiger partial charge in [0, 0.05) is 12.1 Å². The van der Waals surface area contributed by atoms with Gasteiger partial charge in [0.25, 0.3) is 0 Å². The smallest absolute Gasteiger partial charge is 0.329 e. The number of benzene rings is 1. The predicted octanol–water partition coefficient (Wildman–Crippen LogP) is 2.58. The molecule has 0 radical (unpaired) electrons. The van der Waals surface area contributed by atoms with Gasteiger partial charge in [0.05, 0.1) is 5.25 Å². The monoisotopic (exact) mass is 349 g/mol. The molecule has 0 aliphatic carbocycles. The third-order valence-corrected chi connectivity index (χ3v) is 4.77. The Kier molecular flexibility index (Phi) is 4.76. The van der Waals surface area contributed by atoms with Gasteiger partial charge in [-0.3, -0.25) is 0 Å². The van der Waals surface area contributed by atoms with Crippen molar-refractivity contribution in [2.75, 3.05) is 0 Å². The molecule has 0 atom stereocenters. The van der Waals surface area contributed by atoms with Gasteiger partial charge in [-0.25, -0.2) is 13.1 Å². The summed E-state index contributed by atoms with van der Waals surface area (Å²) in [5.74, 6) is -1.60.